The van der Waals surface area contributed by atoms with Crippen molar-refractivity contribution in [1.29, 1.82) is 5.26 Å². The SMILES string of the molecule is COc1ccc(/C=C2/C(=O)N(CCOC(C)=O)C(=O)C(C#N)=C2C)cc1OC. The first-order valence-corrected chi connectivity index (χ1v) is 8.38. The predicted octanol–water partition coefficient (Wildman–Crippen LogP) is 1.86. The minimum Gasteiger partial charge on any atom is -0.493 e. The van der Waals surface area contributed by atoms with Crippen molar-refractivity contribution in [2.75, 3.05) is 27.4 Å². The lowest BCUT2D eigenvalue weighted by molar-refractivity contribution is -0.147. The van der Waals surface area contributed by atoms with Gasteiger partial charge >= 0.3 is 5.97 Å². The molecule has 0 aliphatic carbocycles. The van der Waals surface area contributed by atoms with Gasteiger partial charge in [0.2, 0.25) is 0 Å². The zero-order valence-electron chi connectivity index (χ0n) is 16.1. The van der Waals surface area contributed by atoms with E-state index in [1.165, 1.54) is 21.1 Å². The van der Waals surface area contributed by atoms with Gasteiger partial charge in [-0.05, 0) is 36.3 Å². The number of imide groups is 1. The molecule has 8 nitrogen and oxygen atoms in total. The molecular weight excluding hydrogens is 364 g/mol. The summed E-state index contributed by atoms with van der Waals surface area (Å²) in [5.74, 6) is -0.789. The maximum Gasteiger partial charge on any atom is 0.302 e. The van der Waals surface area contributed by atoms with E-state index in [2.05, 4.69) is 0 Å². The third-order valence-electron chi connectivity index (χ3n) is 4.16. The van der Waals surface area contributed by atoms with Crippen LogP contribution >= 0.6 is 0 Å². The molecule has 1 aromatic rings. The average molecular weight is 384 g/mol. The Morgan fingerprint density at radius 3 is 2.43 bits per heavy atom. The van der Waals surface area contributed by atoms with Gasteiger partial charge in [0.25, 0.3) is 11.8 Å². The first-order chi connectivity index (χ1) is 13.3. The molecule has 0 saturated carbocycles. The van der Waals surface area contributed by atoms with E-state index >= 15 is 0 Å². The van der Waals surface area contributed by atoms with E-state index in [-0.39, 0.29) is 29.9 Å². The summed E-state index contributed by atoms with van der Waals surface area (Å²) in [6.07, 6.45) is 1.57. The van der Waals surface area contributed by atoms with Crippen molar-refractivity contribution >= 4 is 23.9 Å². The molecule has 8 heteroatoms. The lowest BCUT2D eigenvalue weighted by Gasteiger charge is -2.27. The number of carbonyl (C=O) groups excluding carboxylic acids is 3. The number of carbonyl (C=O) groups is 3. The van der Waals surface area contributed by atoms with Crippen LogP contribution < -0.4 is 9.47 Å². The molecule has 28 heavy (non-hydrogen) atoms. The van der Waals surface area contributed by atoms with E-state index in [0.29, 0.717) is 17.1 Å². The molecule has 0 fully saturated rings. The largest absolute Gasteiger partial charge is 0.493 e. The van der Waals surface area contributed by atoms with E-state index in [1.54, 1.807) is 31.2 Å². The maximum absolute atomic E-state index is 12.9. The molecule has 0 atom stereocenters. The quantitative estimate of drug-likeness (QED) is 0.419. The average Bonchev–Trinajstić information content (AvgIpc) is 2.67. The maximum atomic E-state index is 12.9. The Labute approximate surface area is 162 Å². The molecule has 0 aromatic heterocycles. The van der Waals surface area contributed by atoms with Gasteiger partial charge in [0.15, 0.2) is 11.5 Å². The molecule has 2 amide bonds. The Balaban J connectivity index is 2.46. The Morgan fingerprint density at radius 1 is 1.18 bits per heavy atom. The van der Waals surface area contributed by atoms with E-state index in [9.17, 15) is 19.6 Å². The zero-order valence-corrected chi connectivity index (χ0v) is 16.1. The summed E-state index contributed by atoms with van der Waals surface area (Å²) in [7, 11) is 3.01. The molecule has 2 rings (SSSR count). The molecule has 0 saturated heterocycles. The van der Waals surface area contributed by atoms with Crippen molar-refractivity contribution < 1.29 is 28.6 Å². The highest BCUT2D eigenvalue weighted by Gasteiger charge is 2.35. The number of rotatable bonds is 6. The number of amides is 2. The first kappa shape index (κ1) is 20.7. The number of esters is 1. The zero-order chi connectivity index (χ0) is 20.8. The fourth-order valence-electron chi connectivity index (χ4n) is 2.72. The standard InChI is InChI=1S/C20H20N2O6/c1-12-15(9-14-5-6-17(26-3)18(10-14)27-4)19(24)22(7-8-28-13(2)23)20(25)16(12)11-21/h5-6,9-10H,7-8H2,1-4H3/b15-9+. The van der Waals surface area contributed by atoms with E-state index in [1.807, 2.05) is 6.07 Å². The Morgan fingerprint density at radius 2 is 1.86 bits per heavy atom. The van der Waals surface area contributed by atoms with Crippen LogP contribution in [0.1, 0.15) is 19.4 Å². The van der Waals surface area contributed by atoms with Gasteiger partial charge in [-0.3, -0.25) is 19.3 Å². The highest BCUT2D eigenvalue weighted by Crippen LogP contribution is 2.31. The van der Waals surface area contributed by atoms with E-state index in [4.69, 9.17) is 14.2 Å². The number of nitrogens with zero attached hydrogens (tertiary/aromatic N) is 2. The molecule has 0 radical (unpaired) electrons. The summed E-state index contributed by atoms with van der Waals surface area (Å²) >= 11 is 0. The van der Waals surface area contributed by atoms with Gasteiger partial charge in [0.05, 0.1) is 20.8 Å². The minimum absolute atomic E-state index is 0.130. The van der Waals surface area contributed by atoms with Gasteiger partial charge in [0, 0.05) is 12.5 Å². The summed E-state index contributed by atoms with van der Waals surface area (Å²) in [6.45, 7) is 2.49. The molecule has 0 spiro atoms. The van der Waals surface area contributed by atoms with Crippen LogP contribution in [0.5, 0.6) is 11.5 Å². The molecule has 0 bridgehead atoms. The highest BCUT2D eigenvalue weighted by atomic mass is 16.5. The van der Waals surface area contributed by atoms with Crippen LogP contribution in [0.2, 0.25) is 0 Å². The lowest BCUT2D eigenvalue weighted by Crippen LogP contribution is -2.44. The van der Waals surface area contributed by atoms with E-state index in [0.717, 1.165) is 4.90 Å². The van der Waals surface area contributed by atoms with Crippen LogP contribution in [-0.4, -0.2) is 50.1 Å². The molecule has 0 unspecified atom stereocenters. The van der Waals surface area contributed by atoms with Gasteiger partial charge in [-0.1, -0.05) is 6.07 Å². The summed E-state index contributed by atoms with van der Waals surface area (Å²) in [5, 5.41) is 9.37. The number of hydrogen-bond donors (Lipinski definition) is 0. The fourth-order valence-corrected chi connectivity index (χ4v) is 2.72. The second-order valence-corrected chi connectivity index (χ2v) is 5.89. The third kappa shape index (κ3) is 4.20. The van der Waals surface area contributed by atoms with Crippen LogP contribution in [0, 0.1) is 11.3 Å². The molecule has 1 aliphatic heterocycles. The van der Waals surface area contributed by atoms with Crippen LogP contribution in [0.3, 0.4) is 0 Å². The molecule has 1 heterocycles. The number of benzene rings is 1. The van der Waals surface area contributed by atoms with Crippen molar-refractivity contribution in [3.8, 4) is 17.6 Å². The Bertz CT molecular complexity index is 923. The summed E-state index contributed by atoms with van der Waals surface area (Å²) in [6, 6.07) is 6.94. The van der Waals surface area contributed by atoms with Crippen molar-refractivity contribution in [3.63, 3.8) is 0 Å². The van der Waals surface area contributed by atoms with Gasteiger partial charge in [-0.2, -0.15) is 5.26 Å². The molecular formula is C20H20N2O6. The highest BCUT2D eigenvalue weighted by molar-refractivity contribution is 6.19. The summed E-state index contributed by atoms with van der Waals surface area (Å²) in [4.78, 5) is 37.2. The van der Waals surface area contributed by atoms with Gasteiger partial charge in [-0.25, -0.2) is 0 Å². The van der Waals surface area contributed by atoms with E-state index < -0.39 is 17.8 Å². The molecule has 1 aromatic carbocycles. The summed E-state index contributed by atoms with van der Waals surface area (Å²) in [5.41, 5.74) is 0.989. The normalized spacial score (nSPS) is 15.5. The van der Waals surface area contributed by atoms with Crippen LogP contribution in [0.15, 0.2) is 34.9 Å². The monoisotopic (exact) mass is 384 g/mol. The number of hydrogen-bond acceptors (Lipinski definition) is 7. The van der Waals surface area contributed by atoms with Crippen LogP contribution in [0.25, 0.3) is 6.08 Å². The Kier molecular flexibility index (Phi) is 6.55. The Hall–Kier alpha value is -3.60. The van der Waals surface area contributed by atoms with Crippen molar-refractivity contribution in [3.05, 3.63) is 40.5 Å². The van der Waals surface area contributed by atoms with Crippen LogP contribution in [-0.2, 0) is 19.1 Å². The molecule has 146 valence electrons. The third-order valence-corrected chi connectivity index (χ3v) is 4.16. The number of methoxy groups -OCH3 is 2. The molecule has 0 N–H and O–H groups in total. The number of nitriles is 1. The second-order valence-electron chi connectivity index (χ2n) is 5.89. The predicted molar refractivity (Wildman–Crippen MR) is 99.2 cm³/mol. The summed E-state index contributed by atoms with van der Waals surface area (Å²) < 4.78 is 15.3. The topological polar surface area (TPSA) is 106 Å². The number of ether oxygens (including phenoxy) is 3. The first-order valence-electron chi connectivity index (χ1n) is 8.38. The lowest BCUT2D eigenvalue weighted by atomic mass is 9.93. The van der Waals surface area contributed by atoms with Crippen molar-refractivity contribution in [2.24, 2.45) is 0 Å². The second kappa shape index (κ2) is 8.86. The fraction of sp³-hybridized carbons (Fsp3) is 0.300. The van der Waals surface area contributed by atoms with Crippen molar-refractivity contribution in [2.45, 2.75) is 13.8 Å². The van der Waals surface area contributed by atoms with Gasteiger partial charge in [-0.15, -0.1) is 0 Å². The van der Waals surface area contributed by atoms with Crippen molar-refractivity contribution in [1.82, 2.24) is 4.90 Å². The smallest absolute Gasteiger partial charge is 0.302 e. The molecule has 1 aliphatic rings. The van der Waals surface area contributed by atoms with Crippen LogP contribution in [0.4, 0.5) is 0 Å². The minimum atomic E-state index is -0.707. The van der Waals surface area contributed by atoms with Gasteiger partial charge in [0.1, 0.15) is 18.2 Å². The van der Waals surface area contributed by atoms with Gasteiger partial charge < -0.3 is 14.2 Å².